The summed E-state index contributed by atoms with van der Waals surface area (Å²) in [5.41, 5.74) is 0. The zero-order valence-corrected chi connectivity index (χ0v) is 9.71. The topological polar surface area (TPSA) is 86.7 Å². The minimum absolute atomic E-state index is 0.0850. The van der Waals surface area contributed by atoms with Crippen LogP contribution in [0.4, 0.5) is 0 Å². The number of hydrogen-bond acceptors (Lipinski definition) is 6. The molecule has 0 saturated heterocycles. The largest absolute Gasteiger partial charge is 0.460 e. The van der Waals surface area contributed by atoms with Gasteiger partial charge in [-0.05, 0) is 6.92 Å². The molecule has 0 radical (unpaired) electrons. The molecular formula is C8H8Cl2O6. The standard InChI is InChI=1S/C8H8Cl2O6/c1-2-15-7(13)5(11)6(12)8(14)16-3-4(9)10/h4H,2-3H2,1H3. The number of ketones is 2. The number of Topliss-reactive ketones (excluding diaryl/α,β-unsaturated/α-hetero) is 2. The summed E-state index contributed by atoms with van der Waals surface area (Å²) in [7, 11) is 0. The van der Waals surface area contributed by atoms with Gasteiger partial charge in [0.15, 0.2) is 0 Å². The zero-order valence-electron chi connectivity index (χ0n) is 8.20. The molecule has 0 fully saturated rings. The highest BCUT2D eigenvalue weighted by Gasteiger charge is 2.31. The molecule has 0 unspecified atom stereocenters. The molecule has 0 bridgehead atoms. The number of hydrogen-bond donors (Lipinski definition) is 0. The first kappa shape index (κ1) is 14.9. The van der Waals surface area contributed by atoms with Crippen LogP contribution in [0.5, 0.6) is 0 Å². The van der Waals surface area contributed by atoms with E-state index >= 15 is 0 Å². The second-order valence-corrected chi connectivity index (χ2v) is 3.65. The van der Waals surface area contributed by atoms with Crippen LogP contribution >= 0.6 is 23.2 Å². The van der Waals surface area contributed by atoms with Crippen molar-refractivity contribution in [3.8, 4) is 0 Å². The molecule has 0 aliphatic carbocycles. The summed E-state index contributed by atoms with van der Waals surface area (Å²) in [4.78, 5) is 42.5. The van der Waals surface area contributed by atoms with E-state index in [1.54, 1.807) is 0 Å². The van der Waals surface area contributed by atoms with Crippen LogP contribution in [0.1, 0.15) is 6.92 Å². The van der Waals surface area contributed by atoms with Crippen LogP contribution in [0.15, 0.2) is 0 Å². The fourth-order valence-corrected chi connectivity index (χ4v) is 0.712. The van der Waals surface area contributed by atoms with Gasteiger partial charge in [0.2, 0.25) is 0 Å². The van der Waals surface area contributed by atoms with Gasteiger partial charge in [0.25, 0.3) is 0 Å². The summed E-state index contributed by atoms with van der Waals surface area (Å²) in [6.07, 6.45) is 0. The van der Waals surface area contributed by atoms with Crippen molar-refractivity contribution in [2.45, 2.75) is 11.8 Å². The third-order valence-corrected chi connectivity index (χ3v) is 1.44. The fraction of sp³-hybridized carbons (Fsp3) is 0.500. The first-order chi connectivity index (χ1) is 7.40. The van der Waals surface area contributed by atoms with Crippen LogP contribution in [-0.2, 0) is 28.7 Å². The van der Waals surface area contributed by atoms with Crippen LogP contribution in [0, 0.1) is 0 Å². The predicted octanol–water partition coefficient (Wildman–Crippen LogP) is 0.0346. The van der Waals surface area contributed by atoms with Crippen LogP contribution in [0.2, 0.25) is 0 Å². The number of carbonyl (C=O) groups is 4. The normalized spacial score (nSPS) is 9.75. The molecule has 0 saturated carbocycles. The summed E-state index contributed by atoms with van der Waals surface area (Å²) in [5, 5.41) is 0. The summed E-state index contributed by atoms with van der Waals surface area (Å²) in [5.74, 6) is -6.11. The molecule has 6 nitrogen and oxygen atoms in total. The third-order valence-electron chi connectivity index (χ3n) is 1.19. The van der Waals surface area contributed by atoms with E-state index < -0.39 is 34.9 Å². The van der Waals surface area contributed by atoms with E-state index in [1.807, 2.05) is 0 Å². The molecule has 0 amide bonds. The third kappa shape index (κ3) is 5.09. The monoisotopic (exact) mass is 270 g/mol. The Morgan fingerprint density at radius 3 is 1.81 bits per heavy atom. The van der Waals surface area contributed by atoms with Gasteiger partial charge in [-0.25, -0.2) is 9.59 Å². The average molecular weight is 271 g/mol. The van der Waals surface area contributed by atoms with E-state index in [-0.39, 0.29) is 6.61 Å². The second-order valence-electron chi connectivity index (χ2n) is 2.37. The molecule has 0 aromatic heterocycles. The molecule has 90 valence electrons. The number of rotatable bonds is 6. The summed E-state index contributed by atoms with van der Waals surface area (Å²) >= 11 is 10.4. The SMILES string of the molecule is CCOC(=O)C(=O)C(=O)C(=O)OCC(Cl)Cl. The number of ether oxygens (including phenoxy) is 2. The van der Waals surface area contributed by atoms with Gasteiger partial charge in [0.05, 0.1) is 6.61 Å². The van der Waals surface area contributed by atoms with Gasteiger partial charge < -0.3 is 9.47 Å². The zero-order chi connectivity index (χ0) is 12.7. The Hall–Kier alpha value is -1.14. The van der Waals surface area contributed by atoms with Crippen LogP contribution < -0.4 is 0 Å². The Morgan fingerprint density at radius 2 is 1.44 bits per heavy atom. The van der Waals surface area contributed by atoms with Gasteiger partial charge in [0.1, 0.15) is 11.4 Å². The molecule has 0 aromatic rings. The van der Waals surface area contributed by atoms with Crippen LogP contribution in [0.3, 0.4) is 0 Å². The van der Waals surface area contributed by atoms with Crippen molar-refractivity contribution in [2.75, 3.05) is 13.2 Å². The van der Waals surface area contributed by atoms with Crippen molar-refractivity contribution < 1.29 is 28.7 Å². The lowest BCUT2D eigenvalue weighted by atomic mass is 10.2. The Labute approximate surface area is 101 Å². The molecular weight excluding hydrogens is 263 g/mol. The summed E-state index contributed by atoms with van der Waals surface area (Å²) < 4.78 is 8.47. The molecule has 8 heteroatoms. The number of carbonyl (C=O) groups excluding carboxylic acids is 4. The quantitative estimate of drug-likeness (QED) is 0.293. The molecule has 0 atom stereocenters. The van der Waals surface area contributed by atoms with E-state index in [1.165, 1.54) is 6.92 Å². The van der Waals surface area contributed by atoms with Gasteiger partial charge in [-0.3, -0.25) is 9.59 Å². The summed E-state index contributed by atoms with van der Waals surface area (Å²) in [6.45, 7) is 0.904. The van der Waals surface area contributed by atoms with Gasteiger partial charge in [-0.1, -0.05) is 0 Å². The van der Waals surface area contributed by atoms with Crippen molar-refractivity contribution in [2.24, 2.45) is 0 Å². The van der Waals surface area contributed by atoms with Crippen molar-refractivity contribution >= 4 is 46.7 Å². The minimum Gasteiger partial charge on any atom is -0.460 e. The molecule has 0 heterocycles. The van der Waals surface area contributed by atoms with Crippen molar-refractivity contribution in [3.05, 3.63) is 0 Å². The fourth-order valence-electron chi connectivity index (χ4n) is 0.586. The number of esters is 2. The van der Waals surface area contributed by atoms with Gasteiger partial charge in [0, 0.05) is 0 Å². The second kappa shape index (κ2) is 7.19. The Bertz CT molecular complexity index is 312. The lowest BCUT2D eigenvalue weighted by molar-refractivity contribution is -0.163. The van der Waals surface area contributed by atoms with E-state index in [2.05, 4.69) is 9.47 Å². The molecule has 0 rings (SSSR count). The Kier molecular flexibility index (Phi) is 6.67. The van der Waals surface area contributed by atoms with E-state index in [9.17, 15) is 19.2 Å². The molecule has 0 aromatic carbocycles. The van der Waals surface area contributed by atoms with E-state index in [4.69, 9.17) is 23.2 Å². The van der Waals surface area contributed by atoms with Gasteiger partial charge in [-0.2, -0.15) is 0 Å². The highest BCUT2D eigenvalue weighted by Crippen LogP contribution is 2.01. The predicted molar refractivity (Wildman–Crippen MR) is 53.1 cm³/mol. The van der Waals surface area contributed by atoms with Crippen LogP contribution in [0.25, 0.3) is 0 Å². The first-order valence-electron chi connectivity index (χ1n) is 4.10. The number of halogens is 2. The lowest BCUT2D eigenvalue weighted by Crippen LogP contribution is -2.33. The maximum absolute atomic E-state index is 11.0. The number of alkyl halides is 2. The summed E-state index contributed by atoms with van der Waals surface area (Å²) in [6, 6.07) is 0. The highest BCUT2D eigenvalue weighted by atomic mass is 35.5. The van der Waals surface area contributed by atoms with E-state index in [0.29, 0.717) is 0 Å². The maximum Gasteiger partial charge on any atom is 0.383 e. The van der Waals surface area contributed by atoms with Gasteiger partial charge in [-0.15, -0.1) is 23.2 Å². The molecule has 16 heavy (non-hydrogen) atoms. The van der Waals surface area contributed by atoms with Crippen molar-refractivity contribution in [1.29, 1.82) is 0 Å². The maximum atomic E-state index is 11.0. The van der Waals surface area contributed by atoms with Crippen LogP contribution in [-0.4, -0.2) is 41.6 Å². The van der Waals surface area contributed by atoms with E-state index in [0.717, 1.165) is 0 Å². The Balaban J connectivity index is 4.28. The average Bonchev–Trinajstić information content (AvgIpc) is 2.23. The molecule has 0 aliphatic rings. The smallest absolute Gasteiger partial charge is 0.383 e. The molecule has 0 N–H and O–H groups in total. The van der Waals surface area contributed by atoms with Crippen molar-refractivity contribution in [1.82, 2.24) is 0 Å². The highest BCUT2D eigenvalue weighted by molar-refractivity contribution is 6.76. The molecule has 0 spiro atoms. The van der Waals surface area contributed by atoms with Gasteiger partial charge >= 0.3 is 23.5 Å². The first-order valence-corrected chi connectivity index (χ1v) is 4.98. The Morgan fingerprint density at radius 1 is 1.00 bits per heavy atom. The lowest BCUT2D eigenvalue weighted by Gasteiger charge is -2.03. The molecule has 0 aliphatic heterocycles. The minimum atomic E-state index is -1.62. The van der Waals surface area contributed by atoms with Crippen molar-refractivity contribution in [3.63, 3.8) is 0 Å².